The molecule has 0 spiro atoms. The van der Waals surface area contributed by atoms with Crippen LogP contribution in [0.1, 0.15) is 43.7 Å². The van der Waals surface area contributed by atoms with E-state index in [1.807, 2.05) is 18.2 Å². The summed E-state index contributed by atoms with van der Waals surface area (Å²) in [5.41, 5.74) is 7.57. The van der Waals surface area contributed by atoms with Gasteiger partial charge in [-0.05, 0) is 44.8 Å². The highest BCUT2D eigenvalue weighted by Crippen LogP contribution is 2.33. The van der Waals surface area contributed by atoms with Crippen molar-refractivity contribution < 1.29 is 9.47 Å². The number of guanidine groups is 1. The third-order valence-corrected chi connectivity index (χ3v) is 6.02. The predicted molar refractivity (Wildman–Crippen MR) is 103 cm³/mol. The van der Waals surface area contributed by atoms with Crippen LogP contribution in [-0.4, -0.2) is 55.9 Å². The summed E-state index contributed by atoms with van der Waals surface area (Å²) in [4.78, 5) is 7.40. The molecule has 6 nitrogen and oxygen atoms in total. The number of rotatable bonds is 4. The summed E-state index contributed by atoms with van der Waals surface area (Å²) in [5.74, 6) is 1.48. The Morgan fingerprint density at radius 3 is 2.77 bits per heavy atom. The van der Waals surface area contributed by atoms with E-state index in [4.69, 9.17) is 20.2 Å². The monoisotopic (exact) mass is 358 g/mol. The van der Waals surface area contributed by atoms with Gasteiger partial charge in [0.05, 0.1) is 19.2 Å². The molecule has 142 valence electrons. The Balaban J connectivity index is 1.44. The maximum atomic E-state index is 6.28. The number of fused-ring (bicyclic) bond motifs is 1. The third-order valence-electron chi connectivity index (χ3n) is 6.02. The number of hydrogen-bond acceptors (Lipinski definition) is 4. The van der Waals surface area contributed by atoms with E-state index in [0.717, 1.165) is 50.3 Å². The van der Waals surface area contributed by atoms with E-state index in [2.05, 4.69) is 16.3 Å². The van der Waals surface area contributed by atoms with Gasteiger partial charge in [-0.25, -0.2) is 0 Å². The summed E-state index contributed by atoms with van der Waals surface area (Å²) in [6.07, 6.45) is 5.57. The first-order valence-electron chi connectivity index (χ1n) is 9.88. The van der Waals surface area contributed by atoms with Gasteiger partial charge in [-0.15, -0.1) is 0 Å². The zero-order valence-corrected chi connectivity index (χ0v) is 15.5. The summed E-state index contributed by atoms with van der Waals surface area (Å²) in [5, 5.41) is 3.42. The number of likely N-dealkylation sites (tertiary alicyclic amines) is 1. The Morgan fingerprint density at radius 1 is 1.19 bits per heavy atom. The molecule has 3 heterocycles. The minimum Gasteiger partial charge on any atom is -0.493 e. The van der Waals surface area contributed by atoms with Crippen LogP contribution >= 0.6 is 0 Å². The lowest BCUT2D eigenvalue weighted by Crippen LogP contribution is -2.53. The fourth-order valence-electron chi connectivity index (χ4n) is 4.47. The van der Waals surface area contributed by atoms with Gasteiger partial charge in [0.15, 0.2) is 5.96 Å². The van der Waals surface area contributed by atoms with Crippen LogP contribution < -0.4 is 15.8 Å². The van der Waals surface area contributed by atoms with E-state index in [0.29, 0.717) is 12.6 Å². The molecule has 2 saturated heterocycles. The molecule has 0 saturated carbocycles. The molecule has 0 aliphatic carbocycles. The van der Waals surface area contributed by atoms with Crippen molar-refractivity contribution in [1.29, 1.82) is 0 Å². The first-order chi connectivity index (χ1) is 12.8. The highest BCUT2D eigenvalue weighted by Gasteiger charge is 2.39. The Bertz CT molecular complexity index is 636. The van der Waals surface area contributed by atoms with Crippen LogP contribution in [0.5, 0.6) is 5.75 Å². The lowest BCUT2D eigenvalue weighted by Gasteiger charge is -2.43. The summed E-state index contributed by atoms with van der Waals surface area (Å²) >= 11 is 0. The first-order valence-corrected chi connectivity index (χ1v) is 9.88. The van der Waals surface area contributed by atoms with Crippen LogP contribution in [0.3, 0.4) is 0 Å². The quantitative estimate of drug-likeness (QED) is 0.637. The molecule has 3 aliphatic rings. The van der Waals surface area contributed by atoms with Crippen molar-refractivity contribution in [3.63, 3.8) is 0 Å². The number of ether oxygens (including phenoxy) is 2. The minimum absolute atomic E-state index is 0.120. The van der Waals surface area contributed by atoms with E-state index in [9.17, 15) is 0 Å². The first kappa shape index (κ1) is 17.6. The SMILES string of the molecule is NC(=NCC1(N2CCCC2)CCOCC1)NC1CCOc2ccccc21. The highest BCUT2D eigenvalue weighted by atomic mass is 16.5. The van der Waals surface area contributed by atoms with Gasteiger partial charge in [-0.2, -0.15) is 0 Å². The molecule has 4 rings (SSSR count). The molecule has 1 atom stereocenters. The topological polar surface area (TPSA) is 72.1 Å². The maximum absolute atomic E-state index is 6.28. The highest BCUT2D eigenvalue weighted by molar-refractivity contribution is 5.78. The standard InChI is InChI=1S/C20H30N4O2/c21-19(23-17-7-12-26-18-6-2-1-5-16(17)18)22-15-20(8-13-25-14-9-20)24-10-3-4-11-24/h1-2,5-6,17H,3-4,7-15H2,(H3,21,22,23). The molecule has 2 fully saturated rings. The number of nitrogens with one attached hydrogen (secondary N) is 1. The molecule has 3 N–H and O–H groups in total. The van der Waals surface area contributed by atoms with Crippen LogP contribution in [-0.2, 0) is 4.74 Å². The van der Waals surface area contributed by atoms with Gasteiger partial charge in [0.25, 0.3) is 0 Å². The van der Waals surface area contributed by atoms with Crippen molar-refractivity contribution in [3.8, 4) is 5.75 Å². The summed E-state index contributed by atoms with van der Waals surface area (Å²) in [7, 11) is 0. The second kappa shape index (κ2) is 7.84. The molecule has 1 unspecified atom stereocenters. The fourth-order valence-corrected chi connectivity index (χ4v) is 4.47. The molecule has 1 aromatic rings. The largest absolute Gasteiger partial charge is 0.493 e. The molecular weight excluding hydrogens is 328 g/mol. The Morgan fingerprint density at radius 2 is 1.96 bits per heavy atom. The number of nitrogens with zero attached hydrogens (tertiary/aromatic N) is 2. The number of aliphatic imine (C=N–C) groups is 1. The Hall–Kier alpha value is -1.79. The van der Waals surface area contributed by atoms with Gasteiger partial charge >= 0.3 is 0 Å². The van der Waals surface area contributed by atoms with Gasteiger partial charge < -0.3 is 20.5 Å². The average Bonchev–Trinajstić information content (AvgIpc) is 3.23. The van der Waals surface area contributed by atoms with Crippen molar-refractivity contribution in [1.82, 2.24) is 10.2 Å². The van der Waals surface area contributed by atoms with E-state index in [-0.39, 0.29) is 11.6 Å². The molecule has 26 heavy (non-hydrogen) atoms. The Kier molecular flexibility index (Phi) is 5.31. The molecular formula is C20H30N4O2. The van der Waals surface area contributed by atoms with Crippen molar-refractivity contribution in [2.45, 2.75) is 43.7 Å². The second-order valence-electron chi connectivity index (χ2n) is 7.60. The zero-order valence-electron chi connectivity index (χ0n) is 15.5. The van der Waals surface area contributed by atoms with Gasteiger partial charge in [-0.1, -0.05) is 18.2 Å². The lowest BCUT2D eigenvalue weighted by molar-refractivity contribution is -0.0138. The Labute approximate surface area is 155 Å². The van der Waals surface area contributed by atoms with Gasteiger partial charge in [0, 0.05) is 30.7 Å². The predicted octanol–water partition coefficient (Wildman–Crippen LogP) is 2.06. The van der Waals surface area contributed by atoms with Crippen LogP contribution in [0.25, 0.3) is 0 Å². The zero-order chi connectivity index (χ0) is 17.8. The lowest BCUT2D eigenvalue weighted by atomic mass is 9.88. The summed E-state index contributed by atoms with van der Waals surface area (Å²) in [6.45, 7) is 5.46. The van der Waals surface area contributed by atoms with Crippen LogP contribution in [0.2, 0.25) is 0 Å². The molecule has 0 amide bonds. The summed E-state index contributed by atoms with van der Waals surface area (Å²) in [6, 6.07) is 8.33. The van der Waals surface area contributed by atoms with E-state index in [1.165, 1.54) is 25.9 Å². The fraction of sp³-hybridized carbons (Fsp3) is 0.650. The van der Waals surface area contributed by atoms with Crippen molar-refractivity contribution in [2.24, 2.45) is 10.7 Å². The van der Waals surface area contributed by atoms with E-state index < -0.39 is 0 Å². The van der Waals surface area contributed by atoms with Gasteiger partial charge in [0.2, 0.25) is 0 Å². The molecule has 0 radical (unpaired) electrons. The second-order valence-corrected chi connectivity index (χ2v) is 7.60. The molecule has 1 aromatic carbocycles. The number of para-hydroxylation sites is 1. The summed E-state index contributed by atoms with van der Waals surface area (Å²) < 4.78 is 11.3. The molecule has 0 bridgehead atoms. The third kappa shape index (κ3) is 3.67. The van der Waals surface area contributed by atoms with E-state index in [1.54, 1.807) is 0 Å². The van der Waals surface area contributed by atoms with Crippen molar-refractivity contribution in [2.75, 3.05) is 39.5 Å². The van der Waals surface area contributed by atoms with Crippen LogP contribution in [0.4, 0.5) is 0 Å². The normalized spacial score (nSPS) is 26.2. The smallest absolute Gasteiger partial charge is 0.189 e. The number of nitrogens with two attached hydrogens (primary N) is 1. The van der Waals surface area contributed by atoms with E-state index >= 15 is 0 Å². The molecule has 0 aromatic heterocycles. The molecule has 6 heteroatoms. The van der Waals surface area contributed by atoms with Crippen LogP contribution in [0.15, 0.2) is 29.3 Å². The van der Waals surface area contributed by atoms with Gasteiger partial charge in [0.1, 0.15) is 5.75 Å². The molecule has 3 aliphatic heterocycles. The van der Waals surface area contributed by atoms with Crippen molar-refractivity contribution >= 4 is 5.96 Å². The van der Waals surface area contributed by atoms with Crippen LogP contribution in [0, 0.1) is 0 Å². The number of hydrogen-bond donors (Lipinski definition) is 2. The number of benzene rings is 1. The maximum Gasteiger partial charge on any atom is 0.189 e. The van der Waals surface area contributed by atoms with Crippen molar-refractivity contribution in [3.05, 3.63) is 29.8 Å². The minimum atomic E-state index is 0.120. The average molecular weight is 358 g/mol. The van der Waals surface area contributed by atoms with Gasteiger partial charge in [-0.3, -0.25) is 9.89 Å².